The molecule has 1 aliphatic rings. The van der Waals surface area contributed by atoms with E-state index in [9.17, 15) is 9.59 Å². The average molecular weight is 366 g/mol. The second kappa shape index (κ2) is 9.76. The van der Waals surface area contributed by atoms with E-state index in [2.05, 4.69) is 5.32 Å². The van der Waals surface area contributed by atoms with E-state index < -0.39 is 0 Å². The van der Waals surface area contributed by atoms with Crippen LogP contribution in [0, 0.1) is 0 Å². The number of rotatable bonds is 5. The van der Waals surface area contributed by atoms with Crippen molar-refractivity contribution in [1.29, 1.82) is 0 Å². The Hall–Kier alpha value is -2.82. The fourth-order valence-electron chi connectivity index (χ4n) is 3.23. The Kier molecular flexibility index (Phi) is 6.85. The highest BCUT2D eigenvalue weighted by Gasteiger charge is 2.17. The molecule has 2 aromatic carbocycles. The highest BCUT2D eigenvalue weighted by atomic mass is 16.5. The first-order chi connectivity index (χ1) is 13.2. The maximum atomic E-state index is 12.6. The Morgan fingerprint density at radius 1 is 0.852 bits per heavy atom. The van der Waals surface area contributed by atoms with Gasteiger partial charge in [-0.05, 0) is 37.1 Å². The lowest BCUT2D eigenvalue weighted by Crippen LogP contribution is -2.37. The molecule has 0 saturated carbocycles. The molecule has 0 aromatic heterocycles. The zero-order chi connectivity index (χ0) is 18.9. The number of carbonyl (C=O) groups is 2. The van der Waals surface area contributed by atoms with E-state index in [1.54, 1.807) is 24.3 Å². The van der Waals surface area contributed by atoms with Gasteiger partial charge in [0.15, 0.2) is 6.61 Å². The summed E-state index contributed by atoms with van der Waals surface area (Å²) in [6, 6.07) is 16.3. The lowest BCUT2D eigenvalue weighted by atomic mass is 10.1. The minimum atomic E-state index is -0.254. The fourth-order valence-corrected chi connectivity index (χ4v) is 3.23. The molecular weight excluding hydrogens is 340 g/mol. The highest BCUT2D eigenvalue weighted by molar-refractivity contribution is 6.06. The monoisotopic (exact) mass is 366 g/mol. The Bertz CT molecular complexity index is 753. The van der Waals surface area contributed by atoms with Crippen LogP contribution in [-0.4, -0.2) is 36.4 Å². The molecule has 1 N–H and O–H groups in total. The van der Waals surface area contributed by atoms with Crippen LogP contribution in [0.5, 0.6) is 5.75 Å². The van der Waals surface area contributed by atoms with Gasteiger partial charge in [0.25, 0.3) is 11.8 Å². The first kappa shape index (κ1) is 19.0. The summed E-state index contributed by atoms with van der Waals surface area (Å²) >= 11 is 0. The number of benzene rings is 2. The SMILES string of the molecule is O=C(Nc1ccccc1)c1ccccc1OCC(=O)N1CCCCCCC1. The predicted molar refractivity (Wildman–Crippen MR) is 106 cm³/mol. The zero-order valence-corrected chi connectivity index (χ0v) is 15.5. The smallest absolute Gasteiger partial charge is 0.260 e. The Labute approximate surface area is 160 Å². The minimum Gasteiger partial charge on any atom is -0.483 e. The molecule has 2 amide bonds. The number of anilines is 1. The van der Waals surface area contributed by atoms with Gasteiger partial charge in [-0.3, -0.25) is 9.59 Å². The van der Waals surface area contributed by atoms with Gasteiger partial charge >= 0.3 is 0 Å². The summed E-state index contributed by atoms with van der Waals surface area (Å²) in [5.41, 5.74) is 1.14. The fraction of sp³-hybridized carbons (Fsp3) is 0.364. The van der Waals surface area contributed by atoms with E-state index >= 15 is 0 Å². The summed E-state index contributed by atoms with van der Waals surface area (Å²) in [5.74, 6) is 0.150. The number of nitrogens with zero attached hydrogens (tertiary/aromatic N) is 1. The standard InChI is InChI=1S/C22H26N2O3/c25-21(24-15-9-2-1-3-10-16-24)17-27-20-14-8-7-13-19(20)22(26)23-18-11-5-4-6-12-18/h4-8,11-14H,1-3,9-10,15-17H2,(H,23,26). The lowest BCUT2D eigenvalue weighted by molar-refractivity contribution is -0.133. The summed E-state index contributed by atoms with van der Waals surface area (Å²) < 4.78 is 5.73. The van der Waals surface area contributed by atoms with Gasteiger partial charge in [-0.2, -0.15) is 0 Å². The van der Waals surface area contributed by atoms with E-state index in [1.165, 1.54) is 19.3 Å². The van der Waals surface area contributed by atoms with Crippen molar-refractivity contribution in [1.82, 2.24) is 4.90 Å². The summed E-state index contributed by atoms with van der Waals surface area (Å²) in [5, 5.41) is 2.85. The van der Waals surface area contributed by atoms with E-state index in [1.807, 2.05) is 35.2 Å². The quantitative estimate of drug-likeness (QED) is 0.866. The third-order valence-corrected chi connectivity index (χ3v) is 4.72. The molecule has 2 aromatic rings. The zero-order valence-electron chi connectivity index (χ0n) is 15.5. The normalized spacial score (nSPS) is 14.7. The number of carbonyl (C=O) groups excluding carboxylic acids is 2. The summed E-state index contributed by atoms with van der Waals surface area (Å²) in [6.07, 6.45) is 5.69. The molecule has 0 aliphatic carbocycles. The van der Waals surface area contributed by atoms with Crippen molar-refractivity contribution in [3.05, 3.63) is 60.2 Å². The van der Waals surface area contributed by atoms with Crippen molar-refractivity contribution in [2.75, 3.05) is 25.0 Å². The molecule has 3 rings (SSSR count). The number of likely N-dealkylation sites (tertiary alicyclic amines) is 1. The molecule has 0 unspecified atom stereocenters. The van der Waals surface area contributed by atoms with Crippen LogP contribution in [0.1, 0.15) is 42.5 Å². The van der Waals surface area contributed by atoms with Gasteiger partial charge in [-0.1, -0.05) is 49.6 Å². The average Bonchev–Trinajstić information content (AvgIpc) is 2.67. The minimum absolute atomic E-state index is 0.0184. The van der Waals surface area contributed by atoms with Crippen LogP contribution in [0.3, 0.4) is 0 Å². The number of ether oxygens (including phenoxy) is 1. The van der Waals surface area contributed by atoms with E-state index in [0.717, 1.165) is 25.9 Å². The third kappa shape index (κ3) is 5.58. The molecule has 1 aliphatic heterocycles. The molecular formula is C22H26N2O3. The van der Waals surface area contributed by atoms with Crippen molar-refractivity contribution in [3.63, 3.8) is 0 Å². The molecule has 0 radical (unpaired) electrons. The summed E-state index contributed by atoms with van der Waals surface area (Å²) in [6.45, 7) is 1.53. The Morgan fingerprint density at radius 3 is 2.22 bits per heavy atom. The van der Waals surface area contributed by atoms with E-state index in [-0.39, 0.29) is 18.4 Å². The molecule has 1 heterocycles. The maximum Gasteiger partial charge on any atom is 0.260 e. The van der Waals surface area contributed by atoms with Crippen LogP contribution < -0.4 is 10.1 Å². The molecule has 0 bridgehead atoms. The Balaban J connectivity index is 1.61. The molecule has 27 heavy (non-hydrogen) atoms. The number of hydrogen-bond acceptors (Lipinski definition) is 3. The number of para-hydroxylation sites is 2. The molecule has 0 spiro atoms. The van der Waals surface area contributed by atoms with Gasteiger partial charge in [-0.15, -0.1) is 0 Å². The maximum absolute atomic E-state index is 12.6. The second-order valence-electron chi connectivity index (χ2n) is 6.75. The molecule has 5 nitrogen and oxygen atoms in total. The van der Waals surface area contributed by atoms with Crippen molar-refractivity contribution in [3.8, 4) is 5.75 Å². The highest BCUT2D eigenvalue weighted by Crippen LogP contribution is 2.20. The van der Waals surface area contributed by atoms with Crippen molar-refractivity contribution < 1.29 is 14.3 Å². The number of amides is 2. The van der Waals surface area contributed by atoms with Crippen LogP contribution in [0.25, 0.3) is 0 Å². The van der Waals surface area contributed by atoms with Gasteiger partial charge < -0.3 is 15.0 Å². The van der Waals surface area contributed by atoms with Crippen LogP contribution >= 0.6 is 0 Å². The van der Waals surface area contributed by atoms with Crippen molar-refractivity contribution >= 4 is 17.5 Å². The summed E-state index contributed by atoms with van der Waals surface area (Å²) in [4.78, 5) is 27.0. The van der Waals surface area contributed by atoms with Crippen LogP contribution in [0.2, 0.25) is 0 Å². The Morgan fingerprint density at radius 2 is 1.48 bits per heavy atom. The van der Waals surface area contributed by atoms with E-state index in [4.69, 9.17) is 4.74 Å². The lowest BCUT2D eigenvalue weighted by Gasteiger charge is -2.25. The molecule has 1 saturated heterocycles. The first-order valence-electron chi connectivity index (χ1n) is 9.60. The van der Waals surface area contributed by atoms with Gasteiger partial charge in [0.2, 0.25) is 0 Å². The van der Waals surface area contributed by atoms with Crippen LogP contribution in [0.15, 0.2) is 54.6 Å². The topological polar surface area (TPSA) is 58.6 Å². The van der Waals surface area contributed by atoms with Gasteiger partial charge in [-0.25, -0.2) is 0 Å². The number of hydrogen-bond donors (Lipinski definition) is 1. The largest absolute Gasteiger partial charge is 0.483 e. The third-order valence-electron chi connectivity index (χ3n) is 4.72. The number of nitrogens with one attached hydrogen (secondary N) is 1. The molecule has 0 atom stereocenters. The molecule has 142 valence electrons. The van der Waals surface area contributed by atoms with Gasteiger partial charge in [0.05, 0.1) is 5.56 Å². The van der Waals surface area contributed by atoms with Crippen molar-refractivity contribution in [2.45, 2.75) is 32.1 Å². The summed E-state index contributed by atoms with van der Waals surface area (Å²) in [7, 11) is 0. The van der Waals surface area contributed by atoms with Gasteiger partial charge in [0, 0.05) is 18.8 Å². The van der Waals surface area contributed by atoms with Crippen LogP contribution in [-0.2, 0) is 4.79 Å². The molecule has 5 heteroatoms. The first-order valence-corrected chi connectivity index (χ1v) is 9.60. The second-order valence-corrected chi connectivity index (χ2v) is 6.75. The predicted octanol–water partition coefficient (Wildman–Crippen LogP) is 4.11. The van der Waals surface area contributed by atoms with Crippen LogP contribution in [0.4, 0.5) is 5.69 Å². The molecule has 1 fully saturated rings. The van der Waals surface area contributed by atoms with Crippen molar-refractivity contribution in [2.24, 2.45) is 0 Å². The van der Waals surface area contributed by atoms with E-state index in [0.29, 0.717) is 17.0 Å². The van der Waals surface area contributed by atoms with Gasteiger partial charge in [0.1, 0.15) is 5.75 Å².